The maximum Gasteiger partial charge on any atom is 0.220 e. The highest BCUT2D eigenvalue weighted by Gasteiger charge is 2.30. The number of anilines is 1. The molecule has 21 heavy (non-hydrogen) atoms. The lowest BCUT2D eigenvalue weighted by Crippen LogP contribution is -2.54. The van der Waals surface area contributed by atoms with Crippen LogP contribution in [-0.4, -0.2) is 35.6 Å². The molecule has 6 N–H and O–H groups in total. The Hall–Kier alpha value is -2.44. The van der Waals surface area contributed by atoms with Crippen molar-refractivity contribution in [1.82, 2.24) is 4.90 Å². The molecule has 0 unspecified atom stereocenters. The highest BCUT2D eigenvalue weighted by molar-refractivity contribution is 5.95. The van der Waals surface area contributed by atoms with E-state index >= 15 is 0 Å². The summed E-state index contributed by atoms with van der Waals surface area (Å²) in [7, 11) is 0. The SMILES string of the molecule is CC1(C)N=C(N)N=C(N)N1CCCOc1ccc(N)cc1. The fourth-order valence-corrected chi connectivity index (χ4v) is 2.19. The Morgan fingerprint density at radius 1 is 1.14 bits per heavy atom. The summed E-state index contributed by atoms with van der Waals surface area (Å²) in [5, 5.41) is 0. The average Bonchev–Trinajstić information content (AvgIpc) is 2.38. The minimum atomic E-state index is -0.489. The summed E-state index contributed by atoms with van der Waals surface area (Å²) in [5.74, 6) is 1.40. The number of ether oxygens (including phenoxy) is 1. The minimum Gasteiger partial charge on any atom is -0.494 e. The van der Waals surface area contributed by atoms with Gasteiger partial charge in [-0.2, -0.15) is 4.99 Å². The third kappa shape index (κ3) is 3.77. The molecule has 2 rings (SSSR count). The van der Waals surface area contributed by atoms with Crippen LogP contribution in [0.15, 0.2) is 34.3 Å². The van der Waals surface area contributed by atoms with Crippen LogP contribution in [0.4, 0.5) is 5.69 Å². The zero-order chi connectivity index (χ0) is 15.5. The molecule has 1 aliphatic heterocycles. The number of benzene rings is 1. The monoisotopic (exact) mass is 290 g/mol. The Morgan fingerprint density at radius 3 is 2.43 bits per heavy atom. The number of guanidine groups is 2. The van der Waals surface area contributed by atoms with E-state index < -0.39 is 5.66 Å². The molecular formula is C14H22N6O. The predicted octanol–water partition coefficient (Wildman–Crippen LogP) is 0.719. The standard InChI is InChI=1S/C14H22N6O/c1-14(2)19-12(16)18-13(17)20(14)8-3-9-21-11-6-4-10(15)5-7-11/h4-7H,3,8-9,15H2,1-2H3,(H4,16,17,18,19). The number of hydrogen-bond donors (Lipinski definition) is 3. The van der Waals surface area contributed by atoms with Gasteiger partial charge in [0.15, 0.2) is 0 Å². The van der Waals surface area contributed by atoms with E-state index in [0.29, 0.717) is 19.1 Å². The number of nitrogens with zero attached hydrogens (tertiary/aromatic N) is 3. The van der Waals surface area contributed by atoms with Crippen LogP contribution in [0.5, 0.6) is 5.75 Å². The van der Waals surface area contributed by atoms with Gasteiger partial charge in [0.1, 0.15) is 11.4 Å². The van der Waals surface area contributed by atoms with Gasteiger partial charge in [-0.15, -0.1) is 0 Å². The minimum absolute atomic E-state index is 0.215. The molecule has 0 saturated carbocycles. The van der Waals surface area contributed by atoms with Crippen molar-refractivity contribution in [3.05, 3.63) is 24.3 Å². The Morgan fingerprint density at radius 2 is 1.81 bits per heavy atom. The van der Waals surface area contributed by atoms with Crippen LogP contribution in [-0.2, 0) is 0 Å². The van der Waals surface area contributed by atoms with E-state index in [0.717, 1.165) is 17.9 Å². The maximum absolute atomic E-state index is 5.92. The van der Waals surface area contributed by atoms with Crippen molar-refractivity contribution in [3.63, 3.8) is 0 Å². The molecule has 114 valence electrons. The Bertz CT molecular complexity index is 549. The van der Waals surface area contributed by atoms with Crippen LogP contribution in [0.25, 0.3) is 0 Å². The smallest absolute Gasteiger partial charge is 0.220 e. The molecule has 1 aliphatic rings. The number of aliphatic imine (C=N–C) groups is 2. The fourth-order valence-electron chi connectivity index (χ4n) is 2.19. The number of hydrogen-bond acceptors (Lipinski definition) is 7. The van der Waals surface area contributed by atoms with E-state index in [4.69, 9.17) is 21.9 Å². The topological polar surface area (TPSA) is 115 Å². The second kappa shape index (κ2) is 5.90. The van der Waals surface area contributed by atoms with Gasteiger partial charge in [0.2, 0.25) is 11.9 Å². The summed E-state index contributed by atoms with van der Waals surface area (Å²) in [6.07, 6.45) is 0.791. The Labute approximate surface area is 124 Å². The van der Waals surface area contributed by atoms with Gasteiger partial charge in [-0.1, -0.05) is 0 Å². The van der Waals surface area contributed by atoms with Gasteiger partial charge in [-0.05, 0) is 44.5 Å². The molecule has 0 spiro atoms. The zero-order valence-electron chi connectivity index (χ0n) is 12.4. The first-order valence-corrected chi connectivity index (χ1v) is 6.84. The highest BCUT2D eigenvalue weighted by Crippen LogP contribution is 2.20. The second-order valence-electron chi connectivity index (χ2n) is 5.36. The van der Waals surface area contributed by atoms with Crippen LogP contribution < -0.4 is 21.9 Å². The van der Waals surface area contributed by atoms with Crippen LogP contribution in [0, 0.1) is 0 Å². The van der Waals surface area contributed by atoms with E-state index in [1.807, 2.05) is 43.0 Å². The van der Waals surface area contributed by atoms with Crippen LogP contribution >= 0.6 is 0 Å². The summed E-state index contributed by atoms with van der Waals surface area (Å²) >= 11 is 0. The molecule has 0 amide bonds. The second-order valence-corrected chi connectivity index (χ2v) is 5.36. The summed E-state index contributed by atoms with van der Waals surface area (Å²) < 4.78 is 5.65. The van der Waals surface area contributed by atoms with Crippen molar-refractivity contribution >= 4 is 17.6 Å². The van der Waals surface area contributed by atoms with E-state index in [-0.39, 0.29) is 5.96 Å². The first-order valence-electron chi connectivity index (χ1n) is 6.84. The molecule has 0 saturated heterocycles. The van der Waals surface area contributed by atoms with E-state index in [1.54, 1.807) is 0 Å². The van der Waals surface area contributed by atoms with Crippen LogP contribution in [0.3, 0.4) is 0 Å². The maximum atomic E-state index is 5.92. The molecule has 0 atom stereocenters. The van der Waals surface area contributed by atoms with Crippen LogP contribution in [0.2, 0.25) is 0 Å². The lowest BCUT2D eigenvalue weighted by atomic mass is 10.2. The zero-order valence-corrected chi connectivity index (χ0v) is 12.4. The van der Waals surface area contributed by atoms with Gasteiger partial charge in [0, 0.05) is 12.2 Å². The number of nitrogens with two attached hydrogens (primary N) is 3. The predicted molar refractivity (Wildman–Crippen MR) is 85.0 cm³/mol. The molecule has 0 bridgehead atoms. The molecule has 0 aromatic heterocycles. The van der Waals surface area contributed by atoms with E-state index in [1.165, 1.54) is 0 Å². The molecule has 7 heteroatoms. The van der Waals surface area contributed by atoms with Gasteiger partial charge in [0.05, 0.1) is 6.61 Å². The third-order valence-corrected chi connectivity index (χ3v) is 3.23. The van der Waals surface area contributed by atoms with Crippen molar-refractivity contribution in [2.45, 2.75) is 25.9 Å². The molecular weight excluding hydrogens is 268 g/mol. The third-order valence-electron chi connectivity index (χ3n) is 3.23. The van der Waals surface area contributed by atoms with E-state index in [9.17, 15) is 0 Å². The number of nitrogen functional groups attached to an aromatic ring is 1. The van der Waals surface area contributed by atoms with E-state index in [2.05, 4.69) is 9.98 Å². The Balaban J connectivity index is 1.83. The first-order chi connectivity index (χ1) is 9.88. The van der Waals surface area contributed by atoms with Gasteiger partial charge < -0.3 is 26.8 Å². The molecule has 0 aliphatic carbocycles. The summed E-state index contributed by atoms with van der Waals surface area (Å²) in [6.45, 7) is 5.15. The average molecular weight is 290 g/mol. The Kier molecular flexibility index (Phi) is 4.21. The van der Waals surface area contributed by atoms with Crippen molar-refractivity contribution < 1.29 is 4.74 Å². The molecule has 1 aromatic rings. The van der Waals surface area contributed by atoms with Crippen LogP contribution in [0.1, 0.15) is 20.3 Å². The molecule has 0 radical (unpaired) electrons. The normalized spacial score (nSPS) is 17.1. The van der Waals surface area contributed by atoms with Gasteiger partial charge in [0.25, 0.3) is 0 Å². The summed E-state index contributed by atoms with van der Waals surface area (Å²) in [6, 6.07) is 7.32. The molecule has 1 aromatic carbocycles. The largest absolute Gasteiger partial charge is 0.494 e. The van der Waals surface area contributed by atoms with Crippen molar-refractivity contribution in [1.29, 1.82) is 0 Å². The molecule has 7 nitrogen and oxygen atoms in total. The summed E-state index contributed by atoms with van der Waals surface area (Å²) in [5.41, 5.74) is 17.4. The fraction of sp³-hybridized carbons (Fsp3) is 0.429. The van der Waals surface area contributed by atoms with Gasteiger partial charge >= 0.3 is 0 Å². The lowest BCUT2D eigenvalue weighted by molar-refractivity contribution is 0.198. The van der Waals surface area contributed by atoms with Gasteiger partial charge in [-0.3, -0.25) is 0 Å². The molecule has 1 heterocycles. The van der Waals surface area contributed by atoms with Crippen molar-refractivity contribution in [3.8, 4) is 5.75 Å². The highest BCUT2D eigenvalue weighted by atomic mass is 16.5. The quantitative estimate of drug-likeness (QED) is 0.546. The summed E-state index contributed by atoms with van der Waals surface area (Å²) in [4.78, 5) is 10.2. The number of rotatable bonds is 5. The van der Waals surface area contributed by atoms with Crippen molar-refractivity contribution in [2.24, 2.45) is 21.5 Å². The van der Waals surface area contributed by atoms with Gasteiger partial charge in [-0.25, -0.2) is 4.99 Å². The first kappa shape index (κ1) is 15.0. The lowest BCUT2D eigenvalue weighted by Gasteiger charge is -2.38. The molecule has 0 fully saturated rings. The van der Waals surface area contributed by atoms with Crippen molar-refractivity contribution in [2.75, 3.05) is 18.9 Å².